The monoisotopic (exact) mass is 351 g/mol. The summed E-state index contributed by atoms with van der Waals surface area (Å²) in [6.45, 7) is 3.97. The van der Waals surface area contributed by atoms with Gasteiger partial charge in [0.25, 0.3) is 5.91 Å². The van der Waals surface area contributed by atoms with Crippen LogP contribution in [-0.2, 0) is 0 Å². The van der Waals surface area contributed by atoms with Crippen LogP contribution < -0.4 is 16.8 Å². The fourth-order valence-corrected chi connectivity index (χ4v) is 3.20. The lowest BCUT2D eigenvalue weighted by Crippen LogP contribution is -2.39. The molecule has 3 aromatic rings. The first-order chi connectivity index (χ1) is 12.7. The molecule has 0 saturated carbocycles. The lowest BCUT2D eigenvalue weighted by atomic mass is 10.0. The van der Waals surface area contributed by atoms with Crippen LogP contribution in [0.15, 0.2) is 48.5 Å². The highest BCUT2D eigenvalue weighted by Crippen LogP contribution is 2.25. The quantitative estimate of drug-likeness (QED) is 0.532. The second-order valence-electron chi connectivity index (χ2n) is 6.20. The largest absolute Gasteiger partial charge is 0.351 e. The number of hydrogen-bond acceptors (Lipinski definition) is 5. The summed E-state index contributed by atoms with van der Waals surface area (Å²) in [5, 5.41) is 4.77. The van der Waals surface area contributed by atoms with Gasteiger partial charge < -0.3 is 16.8 Å². The second kappa shape index (κ2) is 8.71. The van der Waals surface area contributed by atoms with Crippen molar-refractivity contribution in [3.8, 4) is 0 Å². The average Bonchev–Trinajstić information content (AvgIpc) is 2.66. The fraction of sp³-hybridized carbons (Fsp3) is 0.300. The van der Waals surface area contributed by atoms with Gasteiger partial charge in [0.15, 0.2) is 0 Å². The number of hydrogen-bond donors (Lipinski definition) is 3. The third-order valence-corrected chi connectivity index (χ3v) is 4.42. The Balaban J connectivity index is 1.85. The molecule has 6 nitrogen and oxygen atoms in total. The van der Waals surface area contributed by atoms with E-state index >= 15 is 0 Å². The van der Waals surface area contributed by atoms with E-state index in [1.807, 2.05) is 48.5 Å². The van der Waals surface area contributed by atoms with Gasteiger partial charge in [-0.2, -0.15) is 0 Å². The highest BCUT2D eigenvalue weighted by atomic mass is 16.1. The predicted octanol–water partition coefficient (Wildman–Crippen LogP) is 1.34. The van der Waals surface area contributed by atoms with E-state index in [2.05, 4.69) is 15.2 Å². The molecule has 0 aliphatic rings. The van der Waals surface area contributed by atoms with E-state index in [0.717, 1.165) is 41.4 Å². The number of carbonyl (C=O) groups excluding carboxylic acids is 1. The van der Waals surface area contributed by atoms with Crippen molar-refractivity contribution < 1.29 is 4.79 Å². The minimum Gasteiger partial charge on any atom is -0.351 e. The van der Waals surface area contributed by atoms with Crippen LogP contribution in [0.1, 0.15) is 10.4 Å². The number of fused-ring (bicyclic) bond motifs is 2. The van der Waals surface area contributed by atoms with Crippen LogP contribution >= 0.6 is 0 Å². The van der Waals surface area contributed by atoms with Gasteiger partial charge in [-0.1, -0.05) is 36.4 Å². The molecule has 0 atom stereocenters. The molecule has 0 aliphatic heterocycles. The predicted molar refractivity (Wildman–Crippen MR) is 106 cm³/mol. The zero-order chi connectivity index (χ0) is 18.4. The normalized spacial score (nSPS) is 11.3. The smallest absolute Gasteiger partial charge is 0.252 e. The molecule has 136 valence electrons. The Kier molecular flexibility index (Phi) is 6.12. The summed E-state index contributed by atoms with van der Waals surface area (Å²) >= 11 is 0. The van der Waals surface area contributed by atoms with Crippen molar-refractivity contribution in [1.29, 1.82) is 0 Å². The van der Waals surface area contributed by atoms with Gasteiger partial charge in [0.05, 0.1) is 16.6 Å². The van der Waals surface area contributed by atoms with Gasteiger partial charge in [-0.05, 0) is 12.1 Å². The van der Waals surface area contributed by atoms with Crippen LogP contribution in [-0.4, -0.2) is 55.1 Å². The third kappa shape index (κ3) is 3.99. The Morgan fingerprint density at radius 1 is 0.885 bits per heavy atom. The standard InChI is InChI=1S/C20H25N5O/c21-9-12-25(13-10-22)14-11-23-20(26)19-15-5-1-3-7-17(15)24-18-8-4-2-6-16(18)19/h1-8H,9-14,21-22H2,(H,23,26). The number of nitrogens with zero attached hydrogens (tertiary/aromatic N) is 2. The molecule has 26 heavy (non-hydrogen) atoms. The topological polar surface area (TPSA) is 97.3 Å². The highest BCUT2D eigenvalue weighted by Gasteiger charge is 2.15. The molecular weight excluding hydrogens is 326 g/mol. The van der Waals surface area contributed by atoms with Crippen molar-refractivity contribution in [1.82, 2.24) is 15.2 Å². The fourth-order valence-electron chi connectivity index (χ4n) is 3.20. The maximum absolute atomic E-state index is 13.0. The van der Waals surface area contributed by atoms with Crippen molar-refractivity contribution in [2.75, 3.05) is 39.3 Å². The van der Waals surface area contributed by atoms with Gasteiger partial charge in [-0.25, -0.2) is 4.98 Å². The van der Waals surface area contributed by atoms with Gasteiger partial charge in [-0.3, -0.25) is 9.69 Å². The number of aromatic nitrogens is 1. The lowest BCUT2D eigenvalue weighted by Gasteiger charge is -2.21. The molecule has 0 bridgehead atoms. The van der Waals surface area contributed by atoms with Crippen molar-refractivity contribution in [2.24, 2.45) is 11.5 Å². The Labute approximate surface area is 153 Å². The van der Waals surface area contributed by atoms with E-state index < -0.39 is 0 Å². The maximum Gasteiger partial charge on any atom is 0.252 e. The Bertz CT molecular complexity index is 836. The molecule has 0 unspecified atom stereocenters. The Morgan fingerprint density at radius 3 is 1.96 bits per heavy atom. The number of amides is 1. The molecule has 1 aromatic heterocycles. The number of pyridine rings is 1. The average molecular weight is 351 g/mol. The van der Waals surface area contributed by atoms with Crippen LogP contribution in [0.25, 0.3) is 21.8 Å². The number of benzene rings is 2. The first kappa shape index (κ1) is 18.3. The third-order valence-electron chi connectivity index (χ3n) is 4.42. The lowest BCUT2D eigenvalue weighted by molar-refractivity contribution is 0.0952. The summed E-state index contributed by atoms with van der Waals surface area (Å²) in [5.74, 6) is -0.0831. The molecule has 0 fully saturated rings. The minimum absolute atomic E-state index is 0.0831. The highest BCUT2D eigenvalue weighted by molar-refractivity contribution is 6.16. The molecule has 3 rings (SSSR count). The van der Waals surface area contributed by atoms with Gasteiger partial charge in [-0.15, -0.1) is 0 Å². The van der Waals surface area contributed by atoms with E-state index in [-0.39, 0.29) is 5.91 Å². The number of para-hydroxylation sites is 2. The molecule has 6 heteroatoms. The van der Waals surface area contributed by atoms with Crippen molar-refractivity contribution >= 4 is 27.7 Å². The van der Waals surface area contributed by atoms with E-state index in [4.69, 9.17) is 11.5 Å². The molecule has 5 N–H and O–H groups in total. The Morgan fingerprint density at radius 2 is 1.42 bits per heavy atom. The summed E-state index contributed by atoms with van der Waals surface area (Å²) in [5.41, 5.74) is 13.6. The second-order valence-corrected chi connectivity index (χ2v) is 6.20. The number of nitrogens with one attached hydrogen (secondary N) is 1. The summed E-state index contributed by atoms with van der Waals surface area (Å²) in [6, 6.07) is 15.5. The molecule has 0 saturated heterocycles. The molecule has 1 amide bonds. The zero-order valence-electron chi connectivity index (χ0n) is 14.8. The van der Waals surface area contributed by atoms with Crippen LogP contribution in [0, 0.1) is 0 Å². The van der Waals surface area contributed by atoms with Crippen molar-refractivity contribution in [3.05, 3.63) is 54.1 Å². The summed E-state index contributed by atoms with van der Waals surface area (Å²) in [7, 11) is 0. The van der Waals surface area contributed by atoms with Crippen LogP contribution in [0.2, 0.25) is 0 Å². The van der Waals surface area contributed by atoms with Gasteiger partial charge >= 0.3 is 0 Å². The van der Waals surface area contributed by atoms with Gasteiger partial charge in [0.2, 0.25) is 0 Å². The van der Waals surface area contributed by atoms with Gasteiger partial charge in [0, 0.05) is 50.0 Å². The van der Waals surface area contributed by atoms with Crippen LogP contribution in [0.3, 0.4) is 0 Å². The number of carbonyl (C=O) groups is 1. The first-order valence-electron chi connectivity index (χ1n) is 8.92. The molecule has 0 spiro atoms. The molecule has 0 radical (unpaired) electrons. The molecule has 1 heterocycles. The minimum atomic E-state index is -0.0831. The van der Waals surface area contributed by atoms with E-state index in [0.29, 0.717) is 25.2 Å². The van der Waals surface area contributed by atoms with Crippen LogP contribution in [0.5, 0.6) is 0 Å². The SMILES string of the molecule is NCCN(CCN)CCNC(=O)c1c2ccccc2nc2ccccc12. The van der Waals surface area contributed by atoms with Crippen LogP contribution in [0.4, 0.5) is 0 Å². The van der Waals surface area contributed by atoms with E-state index in [1.165, 1.54) is 0 Å². The Hall–Kier alpha value is -2.54. The van der Waals surface area contributed by atoms with E-state index in [1.54, 1.807) is 0 Å². The summed E-state index contributed by atoms with van der Waals surface area (Å²) in [4.78, 5) is 19.8. The van der Waals surface area contributed by atoms with Crippen molar-refractivity contribution in [3.63, 3.8) is 0 Å². The zero-order valence-corrected chi connectivity index (χ0v) is 14.8. The molecule has 2 aromatic carbocycles. The number of nitrogens with two attached hydrogens (primary N) is 2. The van der Waals surface area contributed by atoms with Crippen molar-refractivity contribution in [2.45, 2.75) is 0 Å². The van der Waals surface area contributed by atoms with Gasteiger partial charge in [0.1, 0.15) is 0 Å². The number of rotatable bonds is 8. The first-order valence-corrected chi connectivity index (χ1v) is 8.92. The summed E-state index contributed by atoms with van der Waals surface area (Å²) in [6.07, 6.45) is 0. The molecular formula is C20H25N5O. The maximum atomic E-state index is 13.0. The van der Waals surface area contributed by atoms with E-state index in [9.17, 15) is 4.79 Å². The summed E-state index contributed by atoms with van der Waals surface area (Å²) < 4.78 is 0. The molecule has 0 aliphatic carbocycles.